The minimum absolute atomic E-state index is 0.0674. The number of hydrogen-bond donors (Lipinski definition) is 2. The van der Waals surface area contributed by atoms with E-state index in [1.54, 1.807) is 24.3 Å². The van der Waals surface area contributed by atoms with E-state index in [-0.39, 0.29) is 13.2 Å². The molecule has 0 spiro atoms. The second-order valence-corrected chi connectivity index (χ2v) is 2.37. The zero-order valence-electron chi connectivity index (χ0n) is 7.06. The van der Waals surface area contributed by atoms with E-state index in [0.717, 1.165) is 0 Å². The monoisotopic (exact) mass is 181 g/mol. The number of rotatable bonds is 4. The van der Waals surface area contributed by atoms with Gasteiger partial charge in [-0.3, -0.25) is 0 Å². The van der Waals surface area contributed by atoms with Crippen molar-refractivity contribution in [3.05, 3.63) is 35.9 Å². The first-order valence-corrected chi connectivity index (χ1v) is 3.94. The molecule has 1 aromatic carbocycles. The summed E-state index contributed by atoms with van der Waals surface area (Å²) in [6, 6.07) is 8.63. The van der Waals surface area contributed by atoms with E-state index in [1.807, 2.05) is 6.07 Å². The van der Waals surface area contributed by atoms with Crippen molar-refractivity contribution in [3.8, 4) is 0 Å². The summed E-state index contributed by atoms with van der Waals surface area (Å²) in [4.78, 5) is 15.8. The first kappa shape index (κ1) is 9.70. The summed E-state index contributed by atoms with van der Waals surface area (Å²) in [5.74, 6) is -0.450. The summed E-state index contributed by atoms with van der Waals surface area (Å²) in [7, 11) is 0. The number of carbonyl (C=O) groups is 1. The van der Waals surface area contributed by atoms with Crippen molar-refractivity contribution in [2.45, 2.75) is 0 Å². The summed E-state index contributed by atoms with van der Waals surface area (Å²) in [5, 5.41) is 8.40. The third-order valence-corrected chi connectivity index (χ3v) is 1.39. The molecule has 0 heterocycles. The molecule has 4 heteroatoms. The van der Waals surface area contributed by atoms with Crippen LogP contribution in [0, 0.1) is 0 Å². The maximum atomic E-state index is 11.2. The molecule has 13 heavy (non-hydrogen) atoms. The molecular weight excluding hydrogens is 170 g/mol. The van der Waals surface area contributed by atoms with Gasteiger partial charge in [-0.15, -0.1) is 0 Å². The fraction of sp³-hybridized carbons (Fsp3) is 0.222. The molecule has 0 bridgehead atoms. The fourth-order valence-corrected chi connectivity index (χ4v) is 0.795. The van der Waals surface area contributed by atoms with E-state index in [4.69, 9.17) is 5.11 Å². The highest BCUT2D eigenvalue weighted by atomic mass is 16.7. The molecule has 0 aliphatic rings. The molecule has 0 atom stereocenters. The van der Waals surface area contributed by atoms with Crippen LogP contribution < -0.4 is 5.48 Å². The molecule has 0 saturated heterocycles. The summed E-state index contributed by atoms with van der Waals surface area (Å²) in [6.07, 6.45) is 0. The van der Waals surface area contributed by atoms with E-state index >= 15 is 0 Å². The van der Waals surface area contributed by atoms with E-state index in [1.165, 1.54) is 0 Å². The summed E-state index contributed by atoms with van der Waals surface area (Å²) < 4.78 is 0. The van der Waals surface area contributed by atoms with Gasteiger partial charge in [0.25, 0.3) is 0 Å². The van der Waals surface area contributed by atoms with Crippen LogP contribution in [0.2, 0.25) is 0 Å². The van der Waals surface area contributed by atoms with Crippen LogP contribution >= 0.6 is 0 Å². The Morgan fingerprint density at radius 3 is 2.69 bits per heavy atom. The van der Waals surface area contributed by atoms with Crippen molar-refractivity contribution >= 4 is 5.97 Å². The molecule has 0 fully saturated rings. The zero-order chi connectivity index (χ0) is 9.52. The molecule has 0 unspecified atom stereocenters. The third-order valence-electron chi connectivity index (χ3n) is 1.39. The number of benzene rings is 1. The quantitative estimate of drug-likeness (QED) is 0.519. The van der Waals surface area contributed by atoms with Gasteiger partial charge in [0.15, 0.2) is 0 Å². The van der Waals surface area contributed by atoms with Crippen molar-refractivity contribution in [1.82, 2.24) is 5.48 Å². The third kappa shape index (κ3) is 3.23. The topological polar surface area (TPSA) is 58.6 Å². The smallest absolute Gasteiger partial charge is 0.356 e. The highest BCUT2D eigenvalue weighted by Crippen LogP contribution is 1.99. The minimum Gasteiger partial charge on any atom is -0.395 e. The lowest BCUT2D eigenvalue weighted by atomic mass is 10.2. The van der Waals surface area contributed by atoms with Crippen molar-refractivity contribution in [2.75, 3.05) is 13.2 Å². The lowest BCUT2D eigenvalue weighted by Crippen LogP contribution is -2.22. The molecule has 1 rings (SSSR count). The van der Waals surface area contributed by atoms with Crippen LogP contribution in [0.15, 0.2) is 30.3 Å². The first-order chi connectivity index (χ1) is 6.34. The molecule has 0 amide bonds. The lowest BCUT2D eigenvalue weighted by Gasteiger charge is -2.03. The van der Waals surface area contributed by atoms with E-state index in [9.17, 15) is 4.79 Å². The fourth-order valence-electron chi connectivity index (χ4n) is 0.795. The van der Waals surface area contributed by atoms with Gasteiger partial charge in [0.05, 0.1) is 18.7 Å². The van der Waals surface area contributed by atoms with E-state index in [2.05, 4.69) is 10.3 Å². The number of aliphatic hydroxyl groups is 1. The molecular formula is C9H11NO3. The highest BCUT2D eigenvalue weighted by molar-refractivity contribution is 5.89. The van der Waals surface area contributed by atoms with Gasteiger partial charge in [-0.2, -0.15) is 5.48 Å². The molecule has 0 saturated carbocycles. The van der Waals surface area contributed by atoms with Crippen LogP contribution in [0.4, 0.5) is 0 Å². The SMILES string of the molecule is O=C(ONCCO)c1ccccc1. The van der Waals surface area contributed by atoms with Gasteiger partial charge >= 0.3 is 5.97 Å². The van der Waals surface area contributed by atoms with Crippen LogP contribution in [0.5, 0.6) is 0 Å². The summed E-state index contributed by atoms with van der Waals surface area (Å²) >= 11 is 0. The summed E-state index contributed by atoms with van der Waals surface area (Å²) in [5.41, 5.74) is 2.81. The summed E-state index contributed by atoms with van der Waals surface area (Å²) in [6.45, 7) is 0.167. The molecule has 0 radical (unpaired) electrons. The zero-order valence-corrected chi connectivity index (χ0v) is 7.06. The largest absolute Gasteiger partial charge is 0.395 e. The van der Waals surface area contributed by atoms with Crippen molar-refractivity contribution < 1.29 is 14.7 Å². The molecule has 2 N–H and O–H groups in total. The van der Waals surface area contributed by atoms with Gasteiger partial charge in [-0.25, -0.2) is 4.79 Å². The Morgan fingerprint density at radius 1 is 1.38 bits per heavy atom. The van der Waals surface area contributed by atoms with Crippen molar-refractivity contribution in [3.63, 3.8) is 0 Å². The molecule has 0 aliphatic heterocycles. The number of hydroxylamine groups is 1. The Hall–Kier alpha value is -1.39. The maximum Gasteiger partial charge on any atom is 0.356 e. The molecule has 0 aliphatic carbocycles. The Balaban J connectivity index is 2.40. The maximum absolute atomic E-state index is 11.2. The van der Waals surface area contributed by atoms with Crippen LogP contribution in [-0.2, 0) is 4.84 Å². The molecule has 70 valence electrons. The van der Waals surface area contributed by atoms with Gasteiger partial charge in [0.2, 0.25) is 0 Å². The number of aliphatic hydroxyl groups excluding tert-OH is 1. The van der Waals surface area contributed by atoms with Crippen molar-refractivity contribution in [1.29, 1.82) is 0 Å². The van der Waals surface area contributed by atoms with E-state index in [0.29, 0.717) is 5.56 Å². The standard InChI is InChI=1S/C9H11NO3/c11-7-6-10-13-9(12)8-4-2-1-3-5-8/h1-5,10-11H,6-7H2. The average molecular weight is 181 g/mol. The van der Waals surface area contributed by atoms with Gasteiger partial charge in [0.1, 0.15) is 0 Å². The van der Waals surface area contributed by atoms with Crippen LogP contribution in [-0.4, -0.2) is 24.2 Å². The lowest BCUT2D eigenvalue weighted by molar-refractivity contribution is 0.0223. The van der Waals surface area contributed by atoms with Gasteiger partial charge < -0.3 is 9.94 Å². The molecule has 1 aromatic rings. The second-order valence-electron chi connectivity index (χ2n) is 2.37. The normalized spacial score (nSPS) is 9.62. The Labute approximate surface area is 76.1 Å². The van der Waals surface area contributed by atoms with Crippen LogP contribution in [0.1, 0.15) is 10.4 Å². The average Bonchev–Trinajstić information content (AvgIpc) is 2.19. The van der Waals surface area contributed by atoms with E-state index < -0.39 is 5.97 Å². The Kier molecular flexibility index (Phi) is 3.95. The number of hydrogen-bond acceptors (Lipinski definition) is 4. The molecule has 4 nitrogen and oxygen atoms in total. The highest BCUT2D eigenvalue weighted by Gasteiger charge is 2.04. The number of carbonyl (C=O) groups excluding carboxylic acids is 1. The van der Waals surface area contributed by atoms with Gasteiger partial charge in [0, 0.05) is 0 Å². The van der Waals surface area contributed by atoms with Crippen LogP contribution in [0.3, 0.4) is 0 Å². The Morgan fingerprint density at radius 2 is 2.08 bits per heavy atom. The first-order valence-electron chi connectivity index (χ1n) is 3.94. The van der Waals surface area contributed by atoms with Gasteiger partial charge in [-0.05, 0) is 12.1 Å². The van der Waals surface area contributed by atoms with Crippen LogP contribution in [0.25, 0.3) is 0 Å². The Bertz CT molecular complexity index is 261. The van der Waals surface area contributed by atoms with Gasteiger partial charge in [-0.1, -0.05) is 18.2 Å². The molecule has 0 aromatic heterocycles. The second kappa shape index (κ2) is 5.29. The number of nitrogens with one attached hydrogen (secondary N) is 1. The minimum atomic E-state index is -0.450. The predicted molar refractivity (Wildman–Crippen MR) is 46.9 cm³/mol. The predicted octanol–water partition coefficient (Wildman–Crippen LogP) is 0.340. The van der Waals surface area contributed by atoms with Crippen molar-refractivity contribution in [2.24, 2.45) is 0 Å².